The number of halogens is 3. The van der Waals surface area contributed by atoms with Crippen molar-refractivity contribution in [3.05, 3.63) is 98.7 Å². The molecule has 3 atom stereocenters. The fourth-order valence-electron chi connectivity index (χ4n) is 5.26. The molecule has 0 saturated carbocycles. The lowest BCUT2D eigenvalue weighted by molar-refractivity contribution is 0.0590. The number of nitrogens with zero attached hydrogens (tertiary/aromatic N) is 3. The first-order valence-electron chi connectivity index (χ1n) is 13.0. The Morgan fingerprint density at radius 2 is 1.73 bits per heavy atom. The van der Waals surface area contributed by atoms with Gasteiger partial charge < -0.3 is 15.0 Å². The Morgan fingerprint density at radius 1 is 1.05 bits per heavy atom. The van der Waals surface area contributed by atoms with Crippen LogP contribution in [0.3, 0.4) is 0 Å². The highest BCUT2D eigenvalue weighted by molar-refractivity contribution is 5.99. The van der Waals surface area contributed by atoms with Gasteiger partial charge in [-0.1, -0.05) is 37.3 Å². The van der Waals surface area contributed by atoms with E-state index in [9.17, 15) is 27.6 Å². The second-order valence-corrected chi connectivity index (χ2v) is 10.4. The highest BCUT2D eigenvalue weighted by Crippen LogP contribution is 2.32. The van der Waals surface area contributed by atoms with E-state index in [1.54, 1.807) is 29.2 Å². The molecule has 11 heteroatoms. The minimum Gasteiger partial charge on any atom is -0.482 e. The molecule has 0 spiro atoms. The molecule has 2 aliphatic rings. The Balaban J connectivity index is 1.57. The number of ether oxygens (including phenoxy) is 1. The van der Waals surface area contributed by atoms with Gasteiger partial charge in [-0.05, 0) is 31.7 Å². The summed E-state index contributed by atoms with van der Waals surface area (Å²) in [6.07, 6.45) is 2.02. The number of nitrogens with one attached hydrogen (secondary N) is 1. The van der Waals surface area contributed by atoms with Crippen LogP contribution in [0, 0.1) is 23.4 Å². The van der Waals surface area contributed by atoms with Gasteiger partial charge in [0.1, 0.15) is 36.3 Å². The van der Waals surface area contributed by atoms with Crippen molar-refractivity contribution < 1.29 is 27.5 Å². The van der Waals surface area contributed by atoms with Crippen LogP contribution in [0.1, 0.15) is 59.2 Å². The van der Waals surface area contributed by atoms with Gasteiger partial charge in [-0.3, -0.25) is 24.1 Å². The number of pyridine rings is 1. The average Bonchev–Trinajstić information content (AvgIpc) is 3.01. The lowest BCUT2D eigenvalue weighted by Crippen LogP contribution is -2.57. The summed E-state index contributed by atoms with van der Waals surface area (Å²) in [7, 11) is 0. The second-order valence-electron chi connectivity index (χ2n) is 10.4. The third-order valence-corrected chi connectivity index (χ3v) is 7.72. The summed E-state index contributed by atoms with van der Waals surface area (Å²) in [6.45, 7) is 5.60. The number of hydrogen-bond acceptors (Lipinski definition) is 5. The Kier molecular flexibility index (Phi) is 7.31. The van der Waals surface area contributed by atoms with Gasteiger partial charge in [-0.15, -0.1) is 0 Å². The molecule has 2 bridgehead atoms. The predicted octanol–water partition coefficient (Wildman–Crippen LogP) is 3.94. The van der Waals surface area contributed by atoms with E-state index >= 15 is 0 Å². The number of carbonyl (C=O) groups is 2. The van der Waals surface area contributed by atoms with Crippen LogP contribution in [-0.4, -0.2) is 40.1 Å². The number of fused-ring (bicyclic) bond motifs is 4. The number of aromatic nitrogens is 1. The van der Waals surface area contributed by atoms with Gasteiger partial charge in [0.25, 0.3) is 11.8 Å². The third kappa shape index (κ3) is 4.91. The molecule has 40 heavy (non-hydrogen) atoms. The van der Waals surface area contributed by atoms with Crippen molar-refractivity contribution in [1.82, 2.24) is 14.9 Å². The molecular formula is C29H29F3N4O4. The van der Waals surface area contributed by atoms with Crippen molar-refractivity contribution in [1.29, 1.82) is 0 Å². The van der Waals surface area contributed by atoms with Gasteiger partial charge in [-0.25, -0.2) is 13.2 Å². The van der Waals surface area contributed by atoms with Gasteiger partial charge in [0.2, 0.25) is 5.43 Å². The molecule has 1 fully saturated rings. The zero-order valence-electron chi connectivity index (χ0n) is 22.3. The van der Waals surface area contributed by atoms with E-state index in [-0.39, 0.29) is 48.3 Å². The first kappa shape index (κ1) is 27.3. The van der Waals surface area contributed by atoms with E-state index in [4.69, 9.17) is 4.74 Å². The maximum absolute atomic E-state index is 14.2. The Morgan fingerprint density at radius 3 is 2.40 bits per heavy atom. The molecule has 2 aromatic carbocycles. The van der Waals surface area contributed by atoms with E-state index in [1.807, 2.05) is 24.9 Å². The van der Waals surface area contributed by atoms with E-state index in [2.05, 4.69) is 12.2 Å². The summed E-state index contributed by atoms with van der Waals surface area (Å²) in [5, 5.41) is 4.24. The standard InChI is InChI=1S/C29H29F3N4O4/c1-16-9-17(2)36-15-34(18(16)3)29(39)25-27(40-14-19-7-5-4-6-8-19)26(37)22(13-35(25)36)28(38)33-12-21-23(31)10-20(30)11-24(21)32/h4-8,10-11,13,16-18H,9,12,14-15H2,1-3H3,(H,33,38)/t16-,17-,18+/m1/s1. The SMILES string of the molecule is C[C@@H]1C[C@@H](C)N2CN(C(=O)c3c(OCc4ccccc4)c(=O)c(C(=O)NCc4c(F)cc(F)cc4F)cn32)[C@H]1C. The van der Waals surface area contributed by atoms with Crippen LogP contribution in [0.25, 0.3) is 0 Å². The van der Waals surface area contributed by atoms with Crippen molar-refractivity contribution in [2.24, 2.45) is 5.92 Å². The van der Waals surface area contributed by atoms with Crippen molar-refractivity contribution in [2.45, 2.75) is 52.4 Å². The molecule has 3 aromatic rings. The normalized spacial score (nSPS) is 20.1. The van der Waals surface area contributed by atoms with Gasteiger partial charge in [-0.2, -0.15) is 0 Å². The lowest BCUT2D eigenvalue weighted by Gasteiger charge is -2.42. The van der Waals surface area contributed by atoms with Crippen molar-refractivity contribution >= 4 is 11.8 Å². The highest BCUT2D eigenvalue weighted by atomic mass is 19.1. The molecule has 1 saturated heterocycles. The number of hydrogen-bond donors (Lipinski definition) is 1. The molecular weight excluding hydrogens is 525 g/mol. The largest absolute Gasteiger partial charge is 0.482 e. The van der Waals surface area contributed by atoms with Gasteiger partial charge in [0.05, 0.1) is 0 Å². The second kappa shape index (κ2) is 10.7. The number of carbonyl (C=O) groups excluding carboxylic acids is 2. The number of rotatable bonds is 6. The molecule has 2 aliphatic heterocycles. The monoisotopic (exact) mass is 554 g/mol. The molecule has 0 unspecified atom stereocenters. The quantitative estimate of drug-likeness (QED) is 0.499. The first-order chi connectivity index (χ1) is 19.1. The average molecular weight is 555 g/mol. The van der Waals surface area contributed by atoms with E-state index in [1.165, 1.54) is 10.9 Å². The molecule has 5 rings (SSSR count). The van der Waals surface area contributed by atoms with Crippen LogP contribution >= 0.6 is 0 Å². The minimum atomic E-state index is -1.17. The van der Waals surface area contributed by atoms with Gasteiger partial charge in [0.15, 0.2) is 11.4 Å². The van der Waals surface area contributed by atoms with Gasteiger partial charge in [0, 0.05) is 42.5 Å². The summed E-state index contributed by atoms with van der Waals surface area (Å²) in [5.41, 5.74) is -0.999. The summed E-state index contributed by atoms with van der Waals surface area (Å²) in [4.78, 5) is 42.4. The molecule has 0 radical (unpaired) electrons. The maximum atomic E-state index is 14.2. The summed E-state index contributed by atoms with van der Waals surface area (Å²) in [6, 6.07) is 9.89. The summed E-state index contributed by atoms with van der Waals surface area (Å²) in [5.74, 6) is -4.86. The van der Waals surface area contributed by atoms with Crippen LogP contribution in [-0.2, 0) is 13.2 Å². The lowest BCUT2D eigenvalue weighted by atomic mass is 9.96. The fraction of sp³-hybridized carbons (Fsp3) is 0.345. The Labute approximate surface area is 228 Å². The van der Waals surface area contributed by atoms with Gasteiger partial charge >= 0.3 is 0 Å². The molecule has 2 amide bonds. The Bertz CT molecular complexity index is 1500. The topological polar surface area (TPSA) is 83.9 Å². The van der Waals surface area contributed by atoms with Crippen LogP contribution < -0.4 is 20.5 Å². The zero-order valence-corrected chi connectivity index (χ0v) is 22.3. The van der Waals surface area contributed by atoms with E-state index < -0.39 is 46.8 Å². The molecule has 8 nitrogen and oxygen atoms in total. The summed E-state index contributed by atoms with van der Waals surface area (Å²) < 4.78 is 49.1. The van der Waals surface area contributed by atoms with Crippen molar-refractivity contribution in [3.8, 4) is 5.75 Å². The first-order valence-corrected chi connectivity index (χ1v) is 13.0. The van der Waals surface area contributed by atoms with Crippen LogP contribution in [0.2, 0.25) is 0 Å². The third-order valence-electron chi connectivity index (χ3n) is 7.72. The minimum absolute atomic E-state index is 0.00662. The van der Waals surface area contributed by atoms with Crippen molar-refractivity contribution in [2.75, 3.05) is 11.7 Å². The molecule has 3 heterocycles. The Hall–Kier alpha value is -4.28. The molecule has 210 valence electrons. The van der Waals surface area contributed by atoms with E-state index in [0.717, 1.165) is 12.0 Å². The van der Waals surface area contributed by atoms with Crippen LogP contribution in [0.15, 0.2) is 53.5 Å². The molecule has 1 N–H and O–H groups in total. The van der Waals surface area contributed by atoms with Crippen LogP contribution in [0.4, 0.5) is 13.2 Å². The number of amides is 2. The predicted molar refractivity (Wildman–Crippen MR) is 141 cm³/mol. The fourth-order valence-corrected chi connectivity index (χ4v) is 5.26. The molecule has 0 aliphatic carbocycles. The van der Waals surface area contributed by atoms with Crippen LogP contribution in [0.5, 0.6) is 5.75 Å². The number of benzene rings is 2. The highest BCUT2D eigenvalue weighted by Gasteiger charge is 2.42. The van der Waals surface area contributed by atoms with E-state index in [0.29, 0.717) is 12.1 Å². The smallest absolute Gasteiger partial charge is 0.278 e. The van der Waals surface area contributed by atoms with Crippen molar-refractivity contribution in [3.63, 3.8) is 0 Å². The molecule has 1 aromatic heterocycles. The maximum Gasteiger partial charge on any atom is 0.278 e. The summed E-state index contributed by atoms with van der Waals surface area (Å²) >= 11 is 0. The zero-order chi connectivity index (χ0) is 28.7.